The molecule has 7 heteroatoms. The molecule has 0 aromatic heterocycles. The van der Waals surface area contributed by atoms with Crippen LogP contribution in [0.5, 0.6) is 0 Å². The molecule has 2 aliphatic heterocycles. The van der Waals surface area contributed by atoms with E-state index in [0.717, 1.165) is 36.6 Å². The highest BCUT2D eigenvalue weighted by Crippen LogP contribution is 2.18. The van der Waals surface area contributed by atoms with Crippen molar-refractivity contribution in [1.29, 1.82) is 0 Å². The molecule has 2 aliphatic rings. The first-order chi connectivity index (χ1) is 11.7. The second-order valence-corrected chi connectivity index (χ2v) is 7.20. The van der Waals surface area contributed by atoms with Crippen LogP contribution in [0.4, 0.5) is 11.4 Å². The van der Waals surface area contributed by atoms with Crippen molar-refractivity contribution >= 4 is 35.0 Å². The Morgan fingerprint density at radius 1 is 1.21 bits per heavy atom. The largest absolute Gasteiger partial charge is 0.368 e. The lowest BCUT2D eigenvalue weighted by Gasteiger charge is -2.22. The maximum atomic E-state index is 12.1. The normalized spacial score (nSPS) is 23.7. The summed E-state index contributed by atoms with van der Waals surface area (Å²) in [7, 11) is 0. The van der Waals surface area contributed by atoms with E-state index in [1.54, 1.807) is 24.3 Å². The minimum absolute atomic E-state index is 0.00569. The van der Waals surface area contributed by atoms with E-state index in [1.807, 2.05) is 11.8 Å². The van der Waals surface area contributed by atoms with Gasteiger partial charge in [0.25, 0.3) is 5.91 Å². The Hall–Kier alpha value is -1.57. The molecule has 6 nitrogen and oxygen atoms in total. The Labute approximate surface area is 146 Å². The number of rotatable bonds is 5. The lowest BCUT2D eigenvalue weighted by molar-refractivity contribution is -0.124. The van der Waals surface area contributed by atoms with Crippen molar-refractivity contribution in [2.75, 3.05) is 35.3 Å². The van der Waals surface area contributed by atoms with Crippen molar-refractivity contribution < 1.29 is 14.3 Å². The Morgan fingerprint density at radius 2 is 1.96 bits per heavy atom. The van der Waals surface area contributed by atoms with E-state index >= 15 is 0 Å². The highest BCUT2D eigenvalue weighted by molar-refractivity contribution is 7.99. The van der Waals surface area contributed by atoms with E-state index in [0.29, 0.717) is 18.7 Å². The molecule has 2 amide bonds. The van der Waals surface area contributed by atoms with Gasteiger partial charge in [-0.05, 0) is 37.1 Å². The predicted octanol–water partition coefficient (Wildman–Crippen LogP) is 1.84. The molecule has 0 spiro atoms. The maximum Gasteiger partial charge on any atom is 0.253 e. The van der Waals surface area contributed by atoms with Gasteiger partial charge in [-0.3, -0.25) is 9.59 Å². The van der Waals surface area contributed by atoms with Crippen LogP contribution in [0.25, 0.3) is 0 Å². The fourth-order valence-electron chi connectivity index (χ4n) is 2.83. The molecule has 2 heterocycles. The number of nitrogens with one attached hydrogen (secondary N) is 3. The molecule has 0 aliphatic carbocycles. The Bertz CT molecular complexity index is 567. The summed E-state index contributed by atoms with van der Waals surface area (Å²) in [6, 6.07) is 7.42. The third kappa shape index (κ3) is 4.96. The summed E-state index contributed by atoms with van der Waals surface area (Å²) in [6.45, 7) is 1.61. The van der Waals surface area contributed by atoms with Gasteiger partial charge < -0.3 is 20.7 Å². The van der Waals surface area contributed by atoms with E-state index < -0.39 is 0 Å². The van der Waals surface area contributed by atoms with E-state index in [9.17, 15) is 9.59 Å². The summed E-state index contributed by atoms with van der Waals surface area (Å²) in [6.07, 6.45) is 1.83. The number of hydrogen-bond acceptors (Lipinski definition) is 5. The Kier molecular flexibility index (Phi) is 6.12. The molecule has 0 bridgehead atoms. The number of carbonyl (C=O) groups excluding carboxylic acids is 2. The second kappa shape index (κ2) is 8.50. The van der Waals surface area contributed by atoms with Crippen molar-refractivity contribution in [3.05, 3.63) is 24.3 Å². The molecule has 2 saturated heterocycles. The molecular weight excluding hydrogens is 326 g/mol. The third-order valence-electron chi connectivity index (χ3n) is 4.09. The van der Waals surface area contributed by atoms with Crippen molar-refractivity contribution in [3.8, 4) is 0 Å². The zero-order valence-electron chi connectivity index (χ0n) is 13.5. The van der Waals surface area contributed by atoms with E-state index in [4.69, 9.17) is 4.74 Å². The van der Waals surface area contributed by atoms with Crippen LogP contribution in [0.3, 0.4) is 0 Å². The van der Waals surface area contributed by atoms with Gasteiger partial charge in [0.05, 0.1) is 0 Å². The summed E-state index contributed by atoms with van der Waals surface area (Å²) < 4.78 is 5.36. The van der Waals surface area contributed by atoms with Gasteiger partial charge in [0.2, 0.25) is 5.91 Å². The average Bonchev–Trinajstić information content (AvgIpc) is 3.12. The van der Waals surface area contributed by atoms with Gasteiger partial charge in [-0.1, -0.05) is 0 Å². The summed E-state index contributed by atoms with van der Waals surface area (Å²) >= 11 is 1.88. The lowest BCUT2D eigenvalue weighted by Crippen LogP contribution is -2.39. The SMILES string of the molecule is O=C(CC1CSCCN1)Nc1ccc(NC(=O)C2CCCO2)cc1. The summed E-state index contributed by atoms with van der Waals surface area (Å²) in [4.78, 5) is 24.1. The van der Waals surface area contributed by atoms with Gasteiger partial charge in [0, 0.05) is 48.5 Å². The molecule has 1 aromatic rings. The predicted molar refractivity (Wildman–Crippen MR) is 96.4 cm³/mol. The lowest BCUT2D eigenvalue weighted by atomic mass is 10.2. The Morgan fingerprint density at radius 3 is 2.58 bits per heavy atom. The van der Waals surface area contributed by atoms with E-state index in [1.165, 1.54) is 0 Å². The van der Waals surface area contributed by atoms with Crippen LogP contribution in [0.1, 0.15) is 19.3 Å². The van der Waals surface area contributed by atoms with Crippen LogP contribution in [0.2, 0.25) is 0 Å². The van der Waals surface area contributed by atoms with Crippen molar-refractivity contribution in [2.24, 2.45) is 0 Å². The van der Waals surface area contributed by atoms with Gasteiger partial charge in [0.15, 0.2) is 0 Å². The molecule has 130 valence electrons. The van der Waals surface area contributed by atoms with Crippen LogP contribution in [0, 0.1) is 0 Å². The highest BCUT2D eigenvalue weighted by atomic mass is 32.2. The molecule has 2 fully saturated rings. The minimum atomic E-state index is -0.342. The summed E-state index contributed by atoms with van der Waals surface area (Å²) in [5.41, 5.74) is 1.44. The number of ether oxygens (including phenoxy) is 1. The standard InChI is InChI=1S/C17H23N3O3S/c21-16(10-14-11-24-9-7-18-14)19-12-3-5-13(6-4-12)20-17(22)15-2-1-8-23-15/h3-6,14-15,18H,1-2,7-11H2,(H,19,21)(H,20,22). The molecule has 3 N–H and O–H groups in total. The zero-order valence-corrected chi connectivity index (χ0v) is 14.4. The number of thioether (sulfide) groups is 1. The zero-order chi connectivity index (χ0) is 16.8. The smallest absolute Gasteiger partial charge is 0.253 e. The molecule has 1 aromatic carbocycles. The number of benzene rings is 1. The van der Waals surface area contributed by atoms with Crippen LogP contribution >= 0.6 is 11.8 Å². The number of anilines is 2. The quantitative estimate of drug-likeness (QED) is 0.756. The number of carbonyl (C=O) groups is 2. The topological polar surface area (TPSA) is 79.5 Å². The molecule has 0 radical (unpaired) electrons. The van der Waals surface area contributed by atoms with Gasteiger partial charge in [-0.25, -0.2) is 0 Å². The Balaban J connectivity index is 1.46. The van der Waals surface area contributed by atoms with Crippen molar-refractivity contribution in [3.63, 3.8) is 0 Å². The fraction of sp³-hybridized carbons (Fsp3) is 0.529. The molecule has 24 heavy (non-hydrogen) atoms. The third-order valence-corrected chi connectivity index (χ3v) is 5.22. The van der Waals surface area contributed by atoms with Gasteiger partial charge in [-0.2, -0.15) is 11.8 Å². The number of amides is 2. The second-order valence-electron chi connectivity index (χ2n) is 6.05. The van der Waals surface area contributed by atoms with Crippen molar-refractivity contribution in [1.82, 2.24) is 5.32 Å². The molecule has 2 atom stereocenters. The average molecular weight is 349 g/mol. The van der Waals surface area contributed by atoms with E-state index in [-0.39, 0.29) is 24.0 Å². The highest BCUT2D eigenvalue weighted by Gasteiger charge is 2.23. The molecule has 3 rings (SSSR count). The van der Waals surface area contributed by atoms with Crippen LogP contribution in [0.15, 0.2) is 24.3 Å². The first-order valence-electron chi connectivity index (χ1n) is 8.34. The van der Waals surface area contributed by atoms with Gasteiger partial charge in [-0.15, -0.1) is 0 Å². The number of hydrogen-bond donors (Lipinski definition) is 3. The molecule has 0 saturated carbocycles. The summed E-state index contributed by atoms with van der Waals surface area (Å²) in [5, 5.41) is 9.09. The van der Waals surface area contributed by atoms with Crippen molar-refractivity contribution in [2.45, 2.75) is 31.4 Å². The van der Waals surface area contributed by atoms with Crippen LogP contribution in [-0.4, -0.2) is 48.6 Å². The summed E-state index contributed by atoms with van der Waals surface area (Å²) in [5.74, 6) is 1.98. The fourth-order valence-corrected chi connectivity index (χ4v) is 3.78. The molecular formula is C17H23N3O3S. The van der Waals surface area contributed by atoms with Gasteiger partial charge >= 0.3 is 0 Å². The van der Waals surface area contributed by atoms with Crippen LogP contribution < -0.4 is 16.0 Å². The molecule has 2 unspecified atom stereocenters. The minimum Gasteiger partial charge on any atom is -0.368 e. The van der Waals surface area contributed by atoms with E-state index in [2.05, 4.69) is 16.0 Å². The monoisotopic (exact) mass is 349 g/mol. The first kappa shape index (κ1) is 17.3. The van der Waals surface area contributed by atoms with Crippen LogP contribution in [-0.2, 0) is 14.3 Å². The first-order valence-corrected chi connectivity index (χ1v) is 9.50. The maximum absolute atomic E-state index is 12.1. The van der Waals surface area contributed by atoms with Gasteiger partial charge in [0.1, 0.15) is 6.10 Å².